The normalized spacial score (nSPS) is 12.4. The highest BCUT2D eigenvalue weighted by Crippen LogP contribution is 2.18. The molecule has 1 N–H and O–H groups in total. The lowest BCUT2D eigenvalue weighted by atomic mass is 10.0. The predicted octanol–water partition coefficient (Wildman–Crippen LogP) is 3.76. The molecule has 100 valence electrons. The van der Waals surface area contributed by atoms with E-state index in [2.05, 4.69) is 0 Å². The SMILES string of the molecule is OC(Cc1ccccc1F)Cc1ccc(Cl)cc1F. The third-order valence-corrected chi connectivity index (χ3v) is 3.12. The van der Waals surface area contributed by atoms with Crippen LogP contribution in [-0.4, -0.2) is 11.2 Å². The fourth-order valence-electron chi connectivity index (χ4n) is 1.93. The summed E-state index contributed by atoms with van der Waals surface area (Å²) < 4.78 is 27.0. The van der Waals surface area contributed by atoms with Gasteiger partial charge in [0.2, 0.25) is 0 Å². The second-order valence-electron chi connectivity index (χ2n) is 4.39. The fraction of sp³-hybridized carbons (Fsp3) is 0.200. The topological polar surface area (TPSA) is 20.2 Å². The van der Waals surface area contributed by atoms with Crippen molar-refractivity contribution in [2.24, 2.45) is 0 Å². The van der Waals surface area contributed by atoms with Crippen LogP contribution in [0.1, 0.15) is 11.1 Å². The van der Waals surface area contributed by atoms with Crippen LogP contribution in [0.4, 0.5) is 8.78 Å². The summed E-state index contributed by atoms with van der Waals surface area (Å²) in [7, 11) is 0. The Morgan fingerprint density at radius 2 is 1.58 bits per heavy atom. The van der Waals surface area contributed by atoms with Gasteiger partial charge in [0.05, 0.1) is 6.10 Å². The molecule has 0 heterocycles. The van der Waals surface area contributed by atoms with Gasteiger partial charge in [-0.25, -0.2) is 8.78 Å². The summed E-state index contributed by atoms with van der Waals surface area (Å²) >= 11 is 5.65. The van der Waals surface area contributed by atoms with Gasteiger partial charge in [0, 0.05) is 17.9 Å². The fourth-order valence-corrected chi connectivity index (χ4v) is 2.09. The minimum Gasteiger partial charge on any atom is -0.392 e. The Morgan fingerprint density at radius 3 is 2.21 bits per heavy atom. The molecule has 2 rings (SSSR count). The molecule has 2 aromatic rings. The Morgan fingerprint density at radius 1 is 0.947 bits per heavy atom. The van der Waals surface area contributed by atoms with Crippen molar-refractivity contribution in [1.82, 2.24) is 0 Å². The molecule has 0 radical (unpaired) electrons. The highest BCUT2D eigenvalue weighted by atomic mass is 35.5. The van der Waals surface area contributed by atoms with Crippen molar-refractivity contribution >= 4 is 11.6 Å². The molecule has 0 amide bonds. The van der Waals surface area contributed by atoms with Crippen LogP contribution < -0.4 is 0 Å². The lowest BCUT2D eigenvalue weighted by molar-refractivity contribution is 0.173. The van der Waals surface area contributed by atoms with Gasteiger partial charge in [-0.15, -0.1) is 0 Å². The van der Waals surface area contributed by atoms with E-state index < -0.39 is 11.9 Å². The molecule has 19 heavy (non-hydrogen) atoms. The van der Waals surface area contributed by atoms with Crippen LogP contribution in [-0.2, 0) is 12.8 Å². The zero-order valence-corrected chi connectivity index (χ0v) is 10.9. The van der Waals surface area contributed by atoms with Crippen molar-refractivity contribution in [2.45, 2.75) is 18.9 Å². The molecule has 0 saturated heterocycles. The van der Waals surface area contributed by atoms with Gasteiger partial charge in [0.1, 0.15) is 11.6 Å². The van der Waals surface area contributed by atoms with Gasteiger partial charge in [0.25, 0.3) is 0 Å². The van der Waals surface area contributed by atoms with Gasteiger partial charge >= 0.3 is 0 Å². The third-order valence-electron chi connectivity index (χ3n) is 2.88. The van der Waals surface area contributed by atoms with Crippen LogP contribution >= 0.6 is 11.6 Å². The van der Waals surface area contributed by atoms with Crippen LogP contribution in [0.25, 0.3) is 0 Å². The number of halogens is 3. The minimum atomic E-state index is -0.840. The quantitative estimate of drug-likeness (QED) is 0.905. The first-order valence-corrected chi connectivity index (χ1v) is 6.29. The molecule has 0 aliphatic heterocycles. The second kappa shape index (κ2) is 6.13. The Balaban J connectivity index is 2.05. The highest BCUT2D eigenvalue weighted by molar-refractivity contribution is 6.30. The molecule has 1 nitrogen and oxygen atoms in total. The third kappa shape index (κ3) is 3.75. The van der Waals surface area contributed by atoms with Crippen molar-refractivity contribution < 1.29 is 13.9 Å². The van der Waals surface area contributed by atoms with Crippen LogP contribution in [0.2, 0.25) is 5.02 Å². The smallest absolute Gasteiger partial charge is 0.127 e. The van der Waals surface area contributed by atoms with E-state index in [-0.39, 0.29) is 18.7 Å². The van der Waals surface area contributed by atoms with E-state index in [1.165, 1.54) is 18.2 Å². The lowest BCUT2D eigenvalue weighted by Crippen LogP contribution is -2.15. The molecule has 1 atom stereocenters. The molecule has 1 unspecified atom stereocenters. The molecule has 0 spiro atoms. The van der Waals surface area contributed by atoms with Gasteiger partial charge in [-0.1, -0.05) is 35.9 Å². The van der Waals surface area contributed by atoms with E-state index in [1.54, 1.807) is 24.3 Å². The summed E-state index contributed by atoms with van der Waals surface area (Å²) in [6.07, 6.45) is -0.570. The van der Waals surface area contributed by atoms with Gasteiger partial charge in [-0.3, -0.25) is 0 Å². The van der Waals surface area contributed by atoms with Gasteiger partial charge in [-0.05, 0) is 29.3 Å². The minimum absolute atomic E-state index is 0.122. The zero-order chi connectivity index (χ0) is 13.8. The number of rotatable bonds is 4. The van der Waals surface area contributed by atoms with Gasteiger partial charge < -0.3 is 5.11 Å². The van der Waals surface area contributed by atoms with Crippen molar-refractivity contribution in [3.63, 3.8) is 0 Å². The molecule has 0 aromatic heterocycles. The summed E-state index contributed by atoms with van der Waals surface area (Å²) in [4.78, 5) is 0. The highest BCUT2D eigenvalue weighted by Gasteiger charge is 2.12. The van der Waals surface area contributed by atoms with E-state index in [9.17, 15) is 13.9 Å². The number of hydrogen-bond acceptors (Lipinski definition) is 1. The number of aliphatic hydroxyl groups excluding tert-OH is 1. The number of hydrogen-bond donors (Lipinski definition) is 1. The first-order chi connectivity index (χ1) is 9.06. The summed E-state index contributed by atoms with van der Waals surface area (Å²) in [5.74, 6) is -0.821. The standard InChI is InChI=1S/C15H13ClF2O/c16-12-6-5-11(15(18)9-12)8-13(19)7-10-3-1-2-4-14(10)17/h1-6,9,13,19H,7-8H2. The van der Waals surface area contributed by atoms with Crippen molar-refractivity contribution in [3.05, 3.63) is 70.2 Å². The van der Waals surface area contributed by atoms with Crippen molar-refractivity contribution in [2.75, 3.05) is 0 Å². The summed E-state index contributed by atoms with van der Waals surface area (Å²) in [6.45, 7) is 0. The number of aliphatic hydroxyl groups is 1. The number of benzene rings is 2. The molecule has 4 heteroatoms. The van der Waals surface area contributed by atoms with E-state index >= 15 is 0 Å². The monoisotopic (exact) mass is 282 g/mol. The maximum atomic E-state index is 13.6. The van der Waals surface area contributed by atoms with Crippen LogP contribution in [0.5, 0.6) is 0 Å². The molecule has 0 aliphatic carbocycles. The predicted molar refractivity (Wildman–Crippen MR) is 71.2 cm³/mol. The van der Waals surface area contributed by atoms with E-state index in [0.29, 0.717) is 16.1 Å². The summed E-state index contributed by atoms with van der Waals surface area (Å²) in [5, 5.41) is 10.2. The van der Waals surface area contributed by atoms with Crippen LogP contribution in [0.15, 0.2) is 42.5 Å². The molecule has 0 fully saturated rings. The summed E-state index contributed by atoms with van der Waals surface area (Å²) in [6, 6.07) is 10.5. The average Bonchev–Trinajstić information content (AvgIpc) is 2.36. The lowest BCUT2D eigenvalue weighted by Gasteiger charge is -2.12. The Labute approximate surface area is 115 Å². The van der Waals surface area contributed by atoms with Crippen LogP contribution in [0, 0.1) is 11.6 Å². The zero-order valence-electron chi connectivity index (χ0n) is 10.1. The first-order valence-electron chi connectivity index (χ1n) is 5.91. The van der Waals surface area contributed by atoms with E-state index in [0.717, 1.165) is 0 Å². The van der Waals surface area contributed by atoms with Crippen LogP contribution in [0.3, 0.4) is 0 Å². The van der Waals surface area contributed by atoms with Crippen molar-refractivity contribution in [1.29, 1.82) is 0 Å². The molecule has 0 aliphatic rings. The van der Waals surface area contributed by atoms with E-state index in [1.807, 2.05) is 0 Å². The Hall–Kier alpha value is -1.45. The maximum Gasteiger partial charge on any atom is 0.127 e. The molecule has 0 saturated carbocycles. The van der Waals surface area contributed by atoms with E-state index in [4.69, 9.17) is 11.6 Å². The Bertz CT molecular complexity index is 572. The molecule has 2 aromatic carbocycles. The molecule has 0 bridgehead atoms. The first kappa shape index (κ1) is 14.0. The molecular weight excluding hydrogens is 270 g/mol. The van der Waals surface area contributed by atoms with Gasteiger partial charge in [-0.2, -0.15) is 0 Å². The molecular formula is C15H13ClF2O. The Kier molecular flexibility index (Phi) is 4.51. The summed E-state index contributed by atoms with van der Waals surface area (Å²) in [5.41, 5.74) is 0.789. The largest absolute Gasteiger partial charge is 0.392 e. The average molecular weight is 283 g/mol. The van der Waals surface area contributed by atoms with Gasteiger partial charge in [0.15, 0.2) is 0 Å². The second-order valence-corrected chi connectivity index (χ2v) is 4.83. The maximum absolute atomic E-state index is 13.6. The van der Waals surface area contributed by atoms with Crippen molar-refractivity contribution in [3.8, 4) is 0 Å².